The summed E-state index contributed by atoms with van der Waals surface area (Å²) in [6.45, 7) is -0.427. The van der Waals surface area contributed by atoms with Gasteiger partial charge in [-0.1, -0.05) is 4.85 Å². The maximum absolute atomic E-state index is 12.5. The maximum atomic E-state index is 12.5. The van der Waals surface area contributed by atoms with Gasteiger partial charge in [0.15, 0.2) is 6.61 Å². The average molecular weight is 479 g/mol. The Labute approximate surface area is 188 Å². The first-order valence-corrected chi connectivity index (χ1v) is 12.1. The molecule has 0 spiro atoms. The minimum atomic E-state index is -3.66. The SMILES string of the molecule is CN(C)S(=O)(=O)c1ccc2nnn(OCC(=O)Nc3sc4c(c3C(N)=O)CCCC4)c2c1. The highest BCUT2D eigenvalue weighted by atomic mass is 32.2. The predicted octanol–water partition coefficient (Wildman–Crippen LogP) is 0.788. The molecule has 0 unspecified atom stereocenters. The number of anilines is 1. The van der Waals surface area contributed by atoms with Crippen LogP contribution in [-0.2, 0) is 27.7 Å². The molecule has 170 valence electrons. The second-order valence-electron chi connectivity index (χ2n) is 7.50. The Kier molecular flexibility index (Phi) is 5.88. The first kappa shape index (κ1) is 22.2. The third-order valence-electron chi connectivity index (χ3n) is 5.15. The van der Waals surface area contributed by atoms with Gasteiger partial charge in [0.2, 0.25) is 10.0 Å². The van der Waals surface area contributed by atoms with Gasteiger partial charge in [-0.15, -0.1) is 16.4 Å². The first-order chi connectivity index (χ1) is 15.2. The highest BCUT2D eigenvalue weighted by Crippen LogP contribution is 2.37. The lowest BCUT2D eigenvalue weighted by Gasteiger charge is -2.11. The number of nitrogens with two attached hydrogens (primary N) is 1. The van der Waals surface area contributed by atoms with Crippen molar-refractivity contribution in [1.82, 2.24) is 19.5 Å². The van der Waals surface area contributed by atoms with E-state index in [0.717, 1.165) is 45.3 Å². The van der Waals surface area contributed by atoms with E-state index >= 15 is 0 Å². The Balaban J connectivity index is 1.52. The number of hydrogen-bond acceptors (Lipinski definition) is 8. The zero-order chi connectivity index (χ0) is 23.0. The molecule has 0 saturated heterocycles. The van der Waals surface area contributed by atoms with Crippen LogP contribution in [0, 0.1) is 0 Å². The van der Waals surface area contributed by atoms with Crippen LogP contribution in [0.25, 0.3) is 11.0 Å². The fourth-order valence-corrected chi connectivity index (χ4v) is 5.77. The Bertz CT molecular complexity index is 1310. The van der Waals surface area contributed by atoms with E-state index in [4.69, 9.17) is 10.6 Å². The molecular weight excluding hydrogens is 456 g/mol. The van der Waals surface area contributed by atoms with Crippen LogP contribution in [0.15, 0.2) is 23.1 Å². The van der Waals surface area contributed by atoms with Crippen LogP contribution in [0.4, 0.5) is 5.00 Å². The number of aromatic nitrogens is 3. The first-order valence-electron chi connectivity index (χ1n) is 9.84. The van der Waals surface area contributed by atoms with Crippen molar-refractivity contribution in [3.63, 3.8) is 0 Å². The van der Waals surface area contributed by atoms with Crippen LogP contribution < -0.4 is 15.9 Å². The molecule has 2 amide bonds. The average Bonchev–Trinajstić information content (AvgIpc) is 3.32. The summed E-state index contributed by atoms with van der Waals surface area (Å²) < 4.78 is 25.9. The van der Waals surface area contributed by atoms with Crippen molar-refractivity contribution in [2.45, 2.75) is 30.6 Å². The lowest BCUT2D eigenvalue weighted by molar-refractivity contribution is -0.121. The number of rotatable bonds is 7. The van der Waals surface area contributed by atoms with Crippen LogP contribution in [0.5, 0.6) is 0 Å². The number of thiophene rings is 1. The van der Waals surface area contributed by atoms with E-state index in [9.17, 15) is 18.0 Å². The Hall–Kier alpha value is -3.03. The van der Waals surface area contributed by atoms with E-state index in [-0.39, 0.29) is 4.90 Å². The Morgan fingerprint density at radius 1 is 1.28 bits per heavy atom. The van der Waals surface area contributed by atoms with Gasteiger partial charge < -0.3 is 15.9 Å². The highest BCUT2D eigenvalue weighted by molar-refractivity contribution is 7.89. The zero-order valence-electron chi connectivity index (χ0n) is 17.5. The van der Waals surface area contributed by atoms with E-state index in [2.05, 4.69) is 15.6 Å². The van der Waals surface area contributed by atoms with E-state index in [0.29, 0.717) is 21.6 Å². The number of hydrogen-bond donors (Lipinski definition) is 2. The molecule has 2 aromatic heterocycles. The van der Waals surface area contributed by atoms with Crippen LogP contribution in [-0.4, -0.2) is 60.4 Å². The molecule has 2 heterocycles. The molecule has 0 bridgehead atoms. The number of sulfonamides is 1. The number of fused-ring (bicyclic) bond motifs is 2. The number of aryl methyl sites for hydroxylation is 1. The Morgan fingerprint density at radius 3 is 2.75 bits per heavy atom. The molecule has 4 rings (SSSR count). The minimum Gasteiger partial charge on any atom is -0.385 e. The topological polar surface area (TPSA) is 150 Å². The normalized spacial score (nSPS) is 13.8. The molecule has 0 saturated carbocycles. The van der Waals surface area contributed by atoms with E-state index < -0.39 is 28.4 Å². The zero-order valence-corrected chi connectivity index (χ0v) is 19.1. The fraction of sp³-hybridized carbons (Fsp3) is 0.368. The van der Waals surface area contributed by atoms with E-state index in [1.807, 2.05) is 0 Å². The summed E-state index contributed by atoms with van der Waals surface area (Å²) in [6.07, 6.45) is 3.63. The van der Waals surface area contributed by atoms with Gasteiger partial charge in [0.25, 0.3) is 11.8 Å². The summed E-state index contributed by atoms with van der Waals surface area (Å²) >= 11 is 1.36. The molecule has 0 radical (unpaired) electrons. The number of carbonyl (C=O) groups is 2. The molecule has 3 aromatic rings. The predicted molar refractivity (Wildman–Crippen MR) is 118 cm³/mol. The van der Waals surface area contributed by atoms with Gasteiger partial charge in [-0.2, -0.15) is 0 Å². The van der Waals surface area contributed by atoms with Crippen molar-refractivity contribution in [3.8, 4) is 0 Å². The van der Waals surface area contributed by atoms with Gasteiger partial charge in [-0.3, -0.25) is 9.59 Å². The van der Waals surface area contributed by atoms with Gasteiger partial charge in [-0.25, -0.2) is 12.7 Å². The van der Waals surface area contributed by atoms with Crippen LogP contribution >= 0.6 is 11.3 Å². The number of benzene rings is 1. The number of nitrogens with one attached hydrogen (secondary N) is 1. The summed E-state index contributed by atoms with van der Waals surface area (Å²) in [5.41, 5.74) is 7.54. The molecule has 0 fully saturated rings. The summed E-state index contributed by atoms with van der Waals surface area (Å²) in [4.78, 5) is 32.0. The van der Waals surface area contributed by atoms with Crippen molar-refractivity contribution < 1.29 is 22.8 Å². The van der Waals surface area contributed by atoms with Crippen molar-refractivity contribution >= 4 is 49.2 Å². The van der Waals surface area contributed by atoms with Gasteiger partial charge >= 0.3 is 0 Å². The molecule has 1 aromatic carbocycles. The fourth-order valence-electron chi connectivity index (χ4n) is 3.54. The van der Waals surface area contributed by atoms with E-state index in [1.165, 1.54) is 43.6 Å². The van der Waals surface area contributed by atoms with Gasteiger partial charge in [0.1, 0.15) is 16.0 Å². The lowest BCUT2D eigenvalue weighted by Crippen LogP contribution is -2.27. The molecule has 0 atom stereocenters. The standard InChI is InChI=1S/C19H22N6O5S2/c1-24(2)32(28,29)11-7-8-13-14(9-11)25(23-22-13)30-10-16(26)21-19-17(18(20)27)12-5-3-4-6-15(12)31-19/h7-9H,3-6,10H2,1-2H3,(H2,20,27)(H,21,26). The second-order valence-corrected chi connectivity index (χ2v) is 10.8. The summed E-state index contributed by atoms with van der Waals surface area (Å²) in [5.74, 6) is -1.08. The van der Waals surface area contributed by atoms with Gasteiger partial charge in [0, 0.05) is 19.0 Å². The molecule has 1 aliphatic carbocycles. The largest absolute Gasteiger partial charge is 0.385 e. The molecule has 1 aliphatic rings. The van der Waals surface area contributed by atoms with Crippen molar-refractivity contribution in [2.75, 3.05) is 26.0 Å². The van der Waals surface area contributed by atoms with E-state index in [1.54, 1.807) is 0 Å². The second kappa shape index (κ2) is 8.48. The summed E-state index contributed by atoms with van der Waals surface area (Å²) in [7, 11) is -0.804. The molecule has 13 heteroatoms. The molecule has 3 N–H and O–H groups in total. The quantitative estimate of drug-likeness (QED) is 0.510. The smallest absolute Gasteiger partial charge is 0.265 e. The van der Waals surface area contributed by atoms with Crippen molar-refractivity contribution in [3.05, 3.63) is 34.2 Å². The molecule has 0 aliphatic heterocycles. The molecule has 11 nitrogen and oxygen atoms in total. The third-order valence-corrected chi connectivity index (χ3v) is 8.17. The monoisotopic (exact) mass is 478 g/mol. The number of carbonyl (C=O) groups excluding carboxylic acids is 2. The Morgan fingerprint density at radius 2 is 2.03 bits per heavy atom. The van der Waals surface area contributed by atoms with Crippen LogP contribution in [0.1, 0.15) is 33.6 Å². The highest BCUT2D eigenvalue weighted by Gasteiger charge is 2.25. The minimum absolute atomic E-state index is 0.0434. The number of nitrogens with zero attached hydrogens (tertiary/aromatic N) is 4. The third kappa shape index (κ3) is 4.06. The van der Waals surface area contributed by atoms with Crippen LogP contribution in [0.3, 0.4) is 0 Å². The van der Waals surface area contributed by atoms with Crippen molar-refractivity contribution in [2.24, 2.45) is 5.73 Å². The van der Waals surface area contributed by atoms with Crippen LogP contribution in [0.2, 0.25) is 0 Å². The lowest BCUT2D eigenvalue weighted by atomic mass is 9.95. The summed E-state index contributed by atoms with van der Waals surface area (Å²) in [6, 6.07) is 4.31. The molecular formula is C19H22N6O5S2. The summed E-state index contributed by atoms with van der Waals surface area (Å²) in [5, 5.41) is 10.9. The number of amides is 2. The van der Waals surface area contributed by atoms with Gasteiger partial charge in [0.05, 0.1) is 10.5 Å². The maximum Gasteiger partial charge on any atom is 0.265 e. The van der Waals surface area contributed by atoms with Gasteiger partial charge in [-0.05, 0) is 54.7 Å². The van der Waals surface area contributed by atoms with Crippen molar-refractivity contribution in [1.29, 1.82) is 0 Å². The molecule has 32 heavy (non-hydrogen) atoms. The number of primary amides is 1.